The monoisotopic (exact) mass is 238 g/mol. The van der Waals surface area contributed by atoms with E-state index in [2.05, 4.69) is 10.2 Å². The molecular formula is C9H13ClF2N2O. The maximum atomic E-state index is 11.9. The van der Waals surface area contributed by atoms with Crippen molar-refractivity contribution in [3.8, 4) is 5.75 Å². The Morgan fingerprint density at radius 1 is 1.27 bits per heavy atom. The number of aryl methyl sites for hydroxylation is 2. The molecule has 0 aliphatic heterocycles. The zero-order chi connectivity index (χ0) is 10.7. The number of nitrogens with two attached hydrogens (primary N) is 1. The first-order chi connectivity index (χ1) is 6.54. The van der Waals surface area contributed by atoms with Gasteiger partial charge in [-0.05, 0) is 37.1 Å². The Kier molecular flexibility index (Phi) is 5.32. The molecular weight excluding hydrogens is 226 g/mol. The largest absolute Gasteiger partial charge is 0.435 e. The second-order valence-corrected chi connectivity index (χ2v) is 2.95. The normalized spacial score (nSPS) is 9.73. The van der Waals surface area contributed by atoms with Crippen molar-refractivity contribution in [2.24, 2.45) is 5.84 Å². The molecule has 0 heterocycles. The third kappa shape index (κ3) is 3.53. The number of benzene rings is 1. The molecule has 0 aliphatic rings. The number of rotatable bonds is 3. The van der Waals surface area contributed by atoms with E-state index in [9.17, 15) is 8.78 Å². The predicted octanol–water partition coefficient (Wildman–Crippen LogP) is 2.61. The molecule has 0 atom stereocenters. The zero-order valence-corrected chi connectivity index (χ0v) is 9.20. The molecule has 86 valence electrons. The van der Waals surface area contributed by atoms with E-state index in [0.29, 0.717) is 0 Å². The summed E-state index contributed by atoms with van der Waals surface area (Å²) < 4.78 is 28.1. The van der Waals surface area contributed by atoms with Crippen LogP contribution in [-0.2, 0) is 0 Å². The van der Waals surface area contributed by atoms with E-state index in [4.69, 9.17) is 5.84 Å². The van der Waals surface area contributed by atoms with Crippen molar-refractivity contribution in [2.75, 3.05) is 5.43 Å². The van der Waals surface area contributed by atoms with Crippen molar-refractivity contribution in [3.05, 3.63) is 23.3 Å². The van der Waals surface area contributed by atoms with Crippen LogP contribution in [0.15, 0.2) is 12.1 Å². The fraction of sp³-hybridized carbons (Fsp3) is 0.333. The summed E-state index contributed by atoms with van der Waals surface area (Å²) in [4.78, 5) is 0. The number of hydrogen-bond donors (Lipinski definition) is 2. The molecule has 0 aliphatic carbocycles. The Morgan fingerprint density at radius 2 is 1.73 bits per heavy atom. The molecule has 1 rings (SSSR count). The number of anilines is 1. The van der Waals surface area contributed by atoms with Crippen LogP contribution in [0.2, 0.25) is 0 Å². The summed E-state index contributed by atoms with van der Waals surface area (Å²) >= 11 is 0. The van der Waals surface area contributed by atoms with E-state index in [1.54, 1.807) is 13.8 Å². The molecule has 6 heteroatoms. The van der Waals surface area contributed by atoms with E-state index in [-0.39, 0.29) is 18.2 Å². The Balaban J connectivity index is 0.00000196. The number of alkyl halides is 2. The van der Waals surface area contributed by atoms with Crippen LogP contribution in [0.5, 0.6) is 5.75 Å². The van der Waals surface area contributed by atoms with Crippen molar-refractivity contribution in [1.29, 1.82) is 0 Å². The predicted molar refractivity (Wildman–Crippen MR) is 57.6 cm³/mol. The van der Waals surface area contributed by atoms with Gasteiger partial charge in [0.1, 0.15) is 5.75 Å². The van der Waals surface area contributed by atoms with E-state index in [1.165, 1.54) is 12.1 Å². The van der Waals surface area contributed by atoms with E-state index < -0.39 is 6.61 Å². The first kappa shape index (κ1) is 13.9. The fourth-order valence-corrected chi connectivity index (χ4v) is 1.32. The lowest BCUT2D eigenvalue weighted by Crippen LogP contribution is -2.10. The van der Waals surface area contributed by atoms with Crippen molar-refractivity contribution in [1.82, 2.24) is 0 Å². The summed E-state index contributed by atoms with van der Waals surface area (Å²) in [6.45, 7) is 0.728. The van der Waals surface area contributed by atoms with Gasteiger partial charge in [-0.1, -0.05) is 0 Å². The summed E-state index contributed by atoms with van der Waals surface area (Å²) in [7, 11) is 0. The van der Waals surface area contributed by atoms with Crippen molar-refractivity contribution < 1.29 is 13.5 Å². The first-order valence-corrected chi connectivity index (χ1v) is 4.07. The van der Waals surface area contributed by atoms with Crippen LogP contribution in [0.25, 0.3) is 0 Å². The number of nitrogen functional groups attached to an aromatic ring is 1. The molecule has 15 heavy (non-hydrogen) atoms. The highest BCUT2D eigenvalue weighted by Gasteiger charge is 2.08. The standard InChI is InChI=1S/C9H12F2N2O.ClH/c1-5-3-7(14-9(10)11)4-6(2)8(5)13-12;/h3-4,9,13H,12H2,1-2H3;1H. The van der Waals surface area contributed by atoms with Crippen LogP contribution in [0.3, 0.4) is 0 Å². The number of ether oxygens (including phenoxy) is 1. The Hall–Kier alpha value is -1.07. The Bertz CT molecular complexity index is 311. The van der Waals surface area contributed by atoms with Gasteiger partial charge in [0.15, 0.2) is 0 Å². The maximum Gasteiger partial charge on any atom is 0.387 e. The molecule has 0 radical (unpaired) electrons. The quantitative estimate of drug-likeness (QED) is 0.629. The van der Waals surface area contributed by atoms with Gasteiger partial charge in [-0.2, -0.15) is 8.78 Å². The number of halogens is 3. The van der Waals surface area contributed by atoms with Crippen LogP contribution in [0, 0.1) is 13.8 Å². The third-order valence-electron chi connectivity index (χ3n) is 1.88. The molecule has 0 amide bonds. The second-order valence-electron chi connectivity index (χ2n) is 2.95. The molecule has 0 fully saturated rings. The van der Waals surface area contributed by atoms with Gasteiger partial charge in [0.25, 0.3) is 0 Å². The van der Waals surface area contributed by atoms with Crippen LogP contribution in [0.1, 0.15) is 11.1 Å². The van der Waals surface area contributed by atoms with Crippen molar-refractivity contribution in [3.63, 3.8) is 0 Å². The van der Waals surface area contributed by atoms with Gasteiger partial charge in [-0.15, -0.1) is 12.4 Å². The minimum atomic E-state index is -2.80. The van der Waals surface area contributed by atoms with Gasteiger partial charge in [0, 0.05) is 0 Å². The molecule has 0 bridgehead atoms. The smallest absolute Gasteiger partial charge is 0.387 e. The molecule has 3 nitrogen and oxygen atoms in total. The molecule has 1 aromatic carbocycles. The number of hydrogen-bond acceptors (Lipinski definition) is 3. The van der Waals surface area contributed by atoms with Gasteiger partial charge >= 0.3 is 6.61 Å². The first-order valence-electron chi connectivity index (χ1n) is 4.07. The Labute approximate surface area is 93.0 Å². The SMILES string of the molecule is Cc1cc(OC(F)F)cc(C)c1NN.Cl. The second kappa shape index (κ2) is 5.72. The number of nitrogens with one attached hydrogen (secondary N) is 1. The minimum Gasteiger partial charge on any atom is -0.435 e. The van der Waals surface area contributed by atoms with Crippen LogP contribution < -0.4 is 16.0 Å². The minimum absolute atomic E-state index is 0. The zero-order valence-electron chi connectivity index (χ0n) is 8.38. The van der Waals surface area contributed by atoms with Gasteiger partial charge in [0.2, 0.25) is 0 Å². The lowest BCUT2D eigenvalue weighted by Gasteiger charge is -2.12. The maximum absolute atomic E-state index is 11.9. The highest BCUT2D eigenvalue weighted by atomic mass is 35.5. The average Bonchev–Trinajstić information content (AvgIpc) is 2.01. The van der Waals surface area contributed by atoms with Crippen molar-refractivity contribution >= 4 is 18.1 Å². The Morgan fingerprint density at radius 3 is 2.07 bits per heavy atom. The lowest BCUT2D eigenvalue weighted by atomic mass is 10.1. The number of hydrazine groups is 1. The molecule has 0 saturated heterocycles. The van der Waals surface area contributed by atoms with Gasteiger partial charge < -0.3 is 10.2 Å². The summed E-state index contributed by atoms with van der Waals surface area (Å²) in [5.41, 5.74) is 4.76. The molecule has 0 unspecified atom stereocenters. The fourth-order valence-electron chi connectivity index (χ4n) is 1.32. The molecule has 1 aromatic rings. The summed E-state index contributed by atoms with van der Waals surface area (Å²) in [5, 5.41) is 0. The summed E-state index contributed by atoms with van der Waals surface area (Å²) in [6.07, 6.45) is 0. The molecule has 0 aromatic heterocycles. The van der Waals surface area contributed by atoms with Crippen LogP contribution >= 0.6 is 12.4 Å². The van der Waals surface area contributed by atoms with Gasteiger partial charge in [-0.3, -0.25) is 5.84 Å². The lowest BCUT2D eigenvalue weighted by molar-refractivity contribution is -0.0498. The summed E-state index contributed by atoms with van der Waals surface area (Å²) in [6, 6.07) is 3.02. The molecule has 0 spiro atoms. The summed E-state index contributed by atoms with van der Waals surface area (Å²) in [5.74, 6) is 5.41. The third-order valence-corrected chi connectivity index (χ3v) is 1.88. The van der Waals surface area contributed by atoms with Gasteiger partial charge in [0.05, 0.1) is 5.69 Å². The van der Waals surface area contributed by atoms with E-state index in [0.717, 1.165) is 16.8 Å². The van der Waals surface area contributed by atoms with Crippen LogP contribution in [0.4, 0.5) is 14.5 Å². The van der Waals surface area contributed by atoms with Gasteiger partial charge in [-0.25, -0.2) is 0 Å². The topological polar surface area (TPSA) is 47.3 Å². The van der Waals surface area contributed by atoms with Crippen molar-refractivity contribution in [2.45, 2.75) is 20.5 Å². The average molecular weight is 239 g/mol. The molecule has 0 saturated carbocycles. The highest BCUT2D eigenvalue weighted by Crippen LogP contribution is 2.26. The highest BCUT2D eigenvalue weighted by molar-refractivity contribution is 5.85. The van der Waals surface area contributed by atoms with Crippen LogP contribution in [-0.4, -0.2) is 6.61 Å². The molecule has 3 N–H and O–H groups in total. The van der Waals surface area contributed by atoms with E-state index >= 15 is 0 Å². The van der Waals surface area contributed by atoms with E-state index in [1.807, 2.05) is 0 Å².